The minimum Gasteiger partial charge on any atom is -0.310 e. The smallest absolute Gasteiger partial charge is 0.0493 e. The van der Waals surface area contributed by atoms with Crippen LogP contribution in [0.3, 0.4) is 0 Å². The molecule has 1 aliphatic carbocycles. The summed E-state index contributed by atoms with van der Waals surface area (Å²) in [6.07, 6.45) is 2.41. The van der Waals surface area contributed by atoms with E-state index in [1.807, 2.05) is 0 Å². The molecule has 37 heavy (non-hydrogen) atoms. The number of hydrogen-bond donors (Lipinski definition) is 0. The van der Waals surface area contributed by atoms with Gasteiger partial charge in [-0.05, 0) is 106 Å². The van der Waals surface area contributed by atoms with Gasteiger partial charge in [0.05, 0.1) is 0 Å². The van der Waals surface area contributed by atoms with Crippen LogP contribution < -0.4 is 4.90 Å². The quantitative estimate of drug-likeness (QED) is 0.335. The van der Waals surface area contributed by atoms with E-state index in [-0.39, 0.29) is 21.7 Å². The first kappa shape index (κ1) is 27.8. The number of nitrogens with zero attached hydrogens (tertiary/aromatic N) is 1. The van der Waals surface area contributed by atoms with Gasteiger partial charge >= 0.3 is 0 Å². The average Bonchev–Trinajstić information content (AvgIpc) is 2.77. The third kappa shape index (κ3) is 5.49. The van der Waals surface area contributed by atoms with Crippen LogP contribution in [0, 0.1) is 6.92 Å². The Bertz CT molecular complexity index is 1300. The van der Waals surface area contributed by atoms with Gasteiger partial charge in [-0.15, -0.1) is 0 Å². The maximum atomic E-state index is 6.77. The molecule has 0 N–H and O–H groups in total. The number of anilines is 3. The van der Waals surface area contributed by atoms with Gasteiger partial charge in [0.25, 0.3) is 0 Å². The molecule has 0 heterocycles. The van der Waals surface area contributed by atoms with E-state index in [9.17, 15) is 0 Å². The molecule has 4 rings (SSSR count). The Morgan fingerprint density at radius 1 is 0.649 bits per heavy atom. The van der Waals surface area contributed by atoms with Crippen LogP contribution in [0.1, 0.15) is 110 Å². The van der Waals surface area contributed by atoms with Crippen LogP contribution in [0.4, 0.5) is 17.1 Å². The molecule has 0 atom stereocenters. The molecule has 0 saturated carbocycles. The Morgan fingerprint density at radius 3 is 1.68 bits per heavy atom. The second kappa shape index (κ2) is 9.19. The summed E-state index contributed by atoms with van der Waals surface area (Å²) >= 11 is 6.77. The Balaban J connectivity index is 2.00. The zero-order valence-electron chi connectivity index (χ0n) is 24.9. The van der Waals surface area contributed by atoms with Gasteiger partial charge in [-0.2, -0.15) is 0 Å². The van der Waals surface area contributed by atoms with E-state index in [1.54, 1.807) is 0 Å². The first-order valence-corrected chi connectivity index (χ1v) is 14.2. The SMILES string of the molecule is Cc1cc2c(cc1N(c1ccc(C(C)(C)C)cc1)c1cc(Cl)cc(C(C)(C)C)c1)C(C)(C)CCC2(C)C. The maximum absolute atomic E-state index is 6.77. The summed E-state index contributed by atoms with van der Waals surface area (Å²) in [4.78, 5) is 2.42. The fourth-order valence-corrected chi connectivity index (χ4v) is 5.85. The summed E-state index contributed by atoms with van der Waals surface area (Å²) in [7, 11) is 0. The minimum absolute atomic E-state index is 0.00166. The summed E-state index contributed by atoms with van der Waals surface area (Å²) in [5, 5.41) is 0.774. The molecule has 2 heteroatoms. The predicted molar refractivity (Wildman–Crippen MR) is 164 cm³/mol. The minimum atomic E-state index is -0.00166. The molecule has 0 radical (unpaired) electrons. The number of benzene rings is 3. The monoisotopic (exact) mass is 515 g/mol. The molecule has 0 spiro atoms. The molecule has 3 aromatic carbocycles. The van der Waals surface area contributed by atoms with Crippen molar-refractivity contribution in [1.29, 1.82) is 0 Å². The molecule has 1 aliphatic rings. The second-order valence-corrected chi connectivity index (χ2v) is 15.0. The Morgan fingerprint density at radius 2 is 1.16 bits per heavy atom. The zero-order valence-corrected chi connectivity index (χ0v) is 25.7. The van der Waals surface area contributed by atoms with Gasteiger partial charge in [-0.25, -0.2) is 0 Å². The highest BCUT2D eigenvalue weighted by Crippen LogP contribution is 2.49. The summed E-state index contributed by atoms with van der Waals surface area (Å²) < 4.78 is 0. The highest BCUT2D eigenvalue weighted by Gasteiger charge is 2.38. The fourth-order valence-electron chi connectivity index (χ4n) is 5.63. The van der Waals surface area contributed by atoms with Crippen molar-refractivity contribution in [2.24, 2.45) is 0 Å². The standard InChI is InChI=1S/C35H46ClN/c1-23-18-29-30(35(10,11)17-16-34(29,8)9)22-31(23)37(27-14-12-24(13-15-27)32(2,3)4)28-20-25(33(5,6)7)19-26(36)21-28/h12-15,18-22H,16-17H2,1-11H3. The van der Waals surface area contributed by atoms with Gasteiger partial charge in [0.1, 0.15) is 0 Å². The van der Waals surface area contributed by atoms with Crippen molar-refractivity contribution in [2.75, 3.05) is 4.90 Å². The highest BCUT2D eigenvalue weighted by atomic mass is 35.5. The van der Waals surface area contributed by atoms with Crippen LogP contribution in [0.15, 0.2) is 54.6 Å². The van der Waals surface area contributed by atoms with Crippen molar-refractivity contribution in [2.45, 2.75) is 111 Å². The Hall–Kier alpha value is -2.25. The van der Waals surface area contributed by atoms with Gasteiger partial charge in [0, 0.05) is 22.1 Å². The molecule has 0 aliphatic heterocycles. The molecule has 198 valence electrons. The van der Waals surface area contributed by atoms with Gasteiger partial charge in [0.2, 0.25) is 0 Å². The van der Waals surface area contributed by atoms with Crippen molar-refractivity contribution >= 4 is 28.7 Å². The van der Waals surface area contributed by atoms with E-state index in [0.29, 0.717) is 0 Å². The molecule has 0 unspecified atom stereocenters. The van der Waals surface area contributed by atoms with Crippen molar-refractivity contribution in [3.63, 3.8) is 0 Å². The fraction of sp³-hybridized carbons (Fsp3) is 0.486. The highest BCUT2D eigenvalue weighted by molar-refractivity contribution is 6.31. The number of halogens is 1. The lowest BCUT2D eigenvalue weighted by molar-refractivity contribution is 0.332. The number of hydrogen-bond acceptors (Lipinski definition) is 1. The molecular weight excluding hydrogens is 470 g/mol. The van der Waals surface area contributed by atoms with Crippen molar-refractivity contribution in [3.8, 4) is 0 Å². The predicted octanol–water partition coefficient (Wildman–Crippen LogP) is 11.1. The van der Waals surface area contributed by atoms with Crippen LogP contribution in [-0.4, -0.2) is 0 Å². The van der Waals surface area contributed by atoms with E-state index in [4.69, 9.17) is 11.6 Å². The number of fused-ring (bicyclic) bond motifs is 1. The van der Waals surface area contributed by atoms with E-state index >= 15 is 0 Å². The summed E-state index contributed by atoms with van der Waals surface area (Å²) in [6, 6.07) is 20.6. The second-order valence-electron chi connectivity index (χ2n) is 14.5. The van der Waals surface area contributed by atoms with Crippen molar-refractivity contribution in [1.82, 2.24) is 0 Å². The Labute approximate surface area is 231 Å². The summed E-state index contributed by atoms with van der Waals surface area (Å²) in [5.74, 6) is 0. The van der Waals surface area contributed by atoms with Crippen molar-refractivity contribution < 1.29 is 0 Å². The lowest BCUT2D eigenvalue weighted by Gasteiger charge is -2.43. The molecule has 0 bridgehead atoms. The largest absolute Gasteiger partial charge is 0.310 e. The normalized spacial score (nSPS) is 16.9. The van der Waals surface area contributed by atoms with Gasteiger partial charge in [0.15, 0.2) is 0 Å². The Kier molecular flexibility index (Phi) is 6.90. The van der Waals surface area contributed by atoms with Crippen LogP contribution >= 0.6 is 11.6 Å². The summed E-state index contributed by atoms with van der Waals surface area (Å²) in [5.41, 5.74) is 10.8. The van der Waals surface area contributed by atoms with Gasteiger partial charge in [-0.1, -0.05) is 99.0 Å². The third-order valence-electron chi connectivity index (χ3n) is 8.41. The topological polar surface area (TPSA) is 3.24 Å². The van der Waals surface area contributed by atoms with E-state index < -0.39 is 0 Å². The number of rotatable bonds is 3. The van der Waals surface area contributed by atoms with Crippen LogP contribution in [0.25, 0.3) is 0 Å². The molecule has 0 fully saturated rings. The molecule has 0 saturated heterocycles. The van der Waals surface area contributed by atoms with Crippen LogP contribution in [-0.2, 0) is 21.7 Å². The first-order chi connectivity index (χ1) is 16.9. The molecule has 1 nitrogen and oxygen atoms in total. The van der Waals surface area contributed by atoms with Crippen LogP contribution in [0.5, 0.6) is 0 Å². The van der Waals surface area contributed by atoms with E-state index in [0.717, 1.165) is 16.4 Å². The molecule has 0 aromatic heterocycles. The van der Waals surface area contributed by atoms with Gasteiger partial charge in [-0.3, -0.25) is 0 Å². The van der Waals surface area contributed by atoms with Gasteiger partial charge < -0.3 is 4.90 Å². The third-order valence-corrected chi connectivity index (χ3v) is 8.63. The average molecular weight is 516 g/mol. The lowest BCUT2D eigenvalue weighted by atomic mass is 9.63. The van der Waals surface area contributed by atoms with E-state index in [1.165, 1.54) is 46.3 Å². The lowest BCUT2D eigenvalue weighted by Crippen LogP contribution is -2.34. The molecule has 0 amide bonds. The molecular formula is C35H46ClN. The van der Waals surface area contributed by atoms with Crippen LogP contribution in [0.2, 0.25) is 5.02 Å². The first-order valence-electron chi connectivity index (χ1n) is 13.8. The number of aryl methyl sites for hydroxylation is 1. The zero-order chi connectivity index (χ0) is 27.6. The maximum Gasteiger partial charge on any atom is 0.0493 e. The van der Waals surface area contributed by atoms with Crippen molar-refractivity contribution in [3.05, 3.63) is 87.4 Å². The summed E-state index contributed by atoms with van der Waals surface area (Å²) in [6.45, 7) is 25.4. The van der Waals surface area contributed by atoms with E-state index in [2.05, 4.69) is 136 Å². The molecule has 3 aromatic rings.